The third kappa shape index (κ3) is 4.03. The van der Waals surface area contributed by atoms with Crippen molar-refractivity contribution in [3.8, 4) is 0 Å². The van der Waals surface area contributed by atoms with Gasteiger partial charge in [-0.3, -0.25) is 0 Å². The molecule has 0 N–H and O–H groups in total. The van der Waals surface area contributed by atoms with Crippen molar-refractivity contribution in [1.29, 1.82) is 0 Å². The highest BCUT2D eigenvalue weighted by molar-refractivity contribution is 5.52. The maximum atomic E-state index is 5.45. The lowest BCUT2D eigenvalue weighted by atomic mass is 10.2. The molecule has 0 unspecified atom stereocenters. The van der Waals surface area contributed by atoms with E-state index < -0.39 is 0 Å². The Morgan fingerprint density at radius 1 is 1.12 bits per heavy atom. The molecule has 0 amide bonds. The molecule has 1 aromatic heterocycles. The minimum atomic E-state index is 0.358. The summed E-state index contributed by atoms with van der Waals surface area (Å²) >= 11 is 0. The Kier molecular flexibility index (Phi) is 5.30. The monoisotopic (exact) mass is 326 g/mol. The lowest BCUT2D eigenvalue weighted by Gasteiger charge is -2.31. The number of aryl methyl sites for hydroxylation is 1. The van der Waals surface area contributed by atoms with E-state index >= 15 is 0 Å². The Labute approximate surface area is 144 Å². The van der Waals surface area contributed by atoms with Gasteiger partial charge in [0.2, 0.25) is 0 Å². The van der Waals surface area contributed by atoms with E-state index in [2.05, 4.69) is 65.0 Å². The topological polar surface area (TPSA) is 41.5 Å². The van der Waals surface area contributed by atoms with Gasteiger partial charge >= 0.3 is 0 Å². The quantitative estimate of drug-likeness (QED) is 0.845. The molecule has 1 aliphatic rings. The third-order valence-corrected chi connectivity index (χ3v) is 4.26. The average Bonchev–Trinajstić information content (AvgIpc) is 2.60. The van der Waals surface area contributed by atoms with Crippen LogP contribution in [0.3, 0.4) is 0 Å². The van der Waals surface area contributed by atoms with E-state index in [4.69, 9.17) is 9.72 Å². The zero-order chi connectivity index (χ0) is 16.9. The summed E-state index contributed by atoms with van der Waals surface area (Å²) in [4.78, 5) is 14.0. The molecule has 3 rings (SSSR count). The minimum absolute atomic E-state index is 0.358. The second-order valence-electron chi connectivity index (χ2n) is 6.44. The van der Waals surface area contributed by atoms with Gasteiger partial charge in [-0.1, -0.05) is 30.3 Å². The molecule has 0 saturated carbocycles. The van der Waals surface area contributed by atoms with Crippen LogP contribution in [-0.4, -0.2) is 42.3 Å². The smallest absolute Gasteiger partial charge is 0.134 e. The number of anilines is 2. The van der Waals surface area contributed by atoms with Crippen molar-refractivity contribution in [3.05, 3.63) is 47.8 Å². The first-order valence-electron chi connectivity index (χ1n) is 8.62. The van der Waals surface area contributed by atoms with Gasteiger partial charge in [-0.2, -0.15) is 0 Å². The first-order chi connectivity index (χ1) is 11.6. The van der Waals surface area contributed by atoms with Gasteiger partial charge in [0.25, 0.3) is 0 Å². The molecule has 128 valence electrons. The second-order valence-corrected chi connectivity index (χ2v) is 6.44. The van der Waals surface area contributed by atoms with Gasteiger partial charge in [0, 0.05) is 31.7 Å². The molecule has 0 atom stereocenters. The fourth-order valence-corrected chi connectivity index (χ4v) is 2.95. The zero-order valence-electron chi connectivity index (χ0n) is 14.8. The number of rotatable bonds is 5. The van der Waals surface area contributed by atoms with Gasteiger partial charge in [0.1, 0.15) is 17.5 Å². The predicted octanol–water partition coefficient (Wildman–Crippen LogP) is 3.04. The van der Waals surface area contributed by atoms with Crippen LogP contribution < -0.4 is 9.80 Å². The van der Waals surface area contributed by atoms with Crippen molar-refractivity contribution >= 4 is 11.6 Å². The van der Waals surface area contributed by atoms with Crippen LogP contribution in [-0.2, 0) is 11.3 Å². The summed E-state index contributed by atoms with van der Waals surface area (Å²) < 4.78 is 5.45. The molecule has 0 aliphatic carbocycles. The molecule has 0 bridgehead atoms. The summed E-state index contributed by atoms with van der Waals surface area (Å²) in [5.41, 5.74) is 1.29. The Morgan fingerprint density at radius 2 is 1.83 bits per heavy atom. The Bertz CT molecular complexity index is 654. The summed E-state index contributed by atoms with van der Waals surface area (Å²) in [5, 5.41) is 0. The van der Waals surface area contributed by atoms with Crippen molar-refractivity contribution in [2.45, 2.75) is 33.4 Å². The highest BCUT2D eigenvalue weighted by atomic mass is 16.5. The highest BCUT2D eigenvalue weighted by Crippen LogP contribution is 2.23. The fraction of sp³-hybridized carbons (Fsp3) is 0.474. The first-order valence-corrected chi connectivity index (χ1v) is 8.62. The lowest BCUT2D eigenvalue weighted by molar-refractivity contribution is 0.122. The Morgan fingerprint density at radius 3 is 2.50 bits per heavy atom. The van der Waals surface area contributed by atoms with E-state index in [0.717, 1.165) is 50.3 Å². The number of hydrogen-bond acceptors (Lipinski definition) is 5. The van der Waals surface area contributed by atoms with Gasteiger partial charge in [0.05, 0.1) is 13.2 Å². The van der Waals surface area contributed by atoms with Crippen molar-refractivity contribution in [2.75, 3.05) is 36.1 Å². The maximum absolute atomic E-state index is 5.45. The van der Waals surface area contributed by atoms with Gasteiger partial charge in [-0.05, 0) is 26.3 Å². The van der Waals surface area contributed by atoms with Crippen molar-refractivity contribution in [2.24, 2.45) is 0 Å². The molecular formula is C19H26N4O. The molecule has 0 radical (unpaired) electrons. The van der Waals surface area contributed by atoms with Gasteiger partial charge in [-0.25, -0.2) is 9.97 Å². The van der Waals surface area contributed by atoms with E-state index in [1.807, 2.05) is 6.92 Å². The standard InChI is InChI=1S/C19H26N4O/c1-15(2)23(14-17-7-5-4-6-8-17)19-13-18(20-16(3)21-19)22-9-11-24-12-10-22/h4-8,13,15H,9-12,14H2,1-3H3. The molecule has 1 saturated heterocycles. The van der Waals surface area contributed by atoms with Crippen LogP contribution in [0.2, 0.25) is 0 Å². The van der Waals surface area contributed by atoms with E-state index in [0.29, 0.717) is 6.04 Å². The van der Waals surface area contributed by atoms with Gasteiger partial charge in [-0.15, -0.1) is 0 Å². The number of hydrogen-bond donors (Lipinski definition) is 0. The number of ether oxygens (including phenoxy) is 1. The van der Waals surface area contributed by atoms with Crippen LogP contribution in [0.4, 0.5) is 11.6 Å². The molecule has 0 spiro atoms. The number of benzene rings is 1. The first kappa shape index (κ1) is 16.7. The molecule has 2 heterocycles. The van der Waals surface area contributed by atoms with Gasteiger partial charge in [0.15, 0.2) is 0 Å². The lowest BCUT2D eigenvalue weighted by Crippen LogP contribution is -2.37. The zero-order valence-corrected chi connectivity index (χ0v) is 14.8. The van der Waals surface area contributed by atoms with E-state index in [1.165, 1.54) is 5.56 Å². The highest BCUT2D eigenvalue weighted by Gasteiger charge is 2.18. The summed E-state index contributed by atoms with van der Waals surface area (Å²) in [6, 6.07) is 13.0. The van der Waals surface area contributed by atoms with Crippen LogP contribution in [0.15, 0.2) is 36.4 Å². The van der Waals surface area contributed by atoms with Crippen molar-refractivity contribution in [1.82, 2.24) is 9.97 Å². The van der Waals surface area contributed by atoms with Crippen molar-refractivity contribution in [3.63, 3.8) is 0 Å². The predicted molar refractivity (Wildman–Crippen MR) is 97.6 cm³/mol. The van der Waals surface area contributed by atoms with E-state index in [9.17, 15) is 0 Å². The van der Waals surface area contributed by atoms with E-state index in [-0.39, 0.29) is 0 Å². The summed E-state index contributed by atoms with van der Waals surface area (Å²) in [7, 11) is 0. The van der Waals surface area contributed by atoms with Crippen LogP contribution >= 0.6 is 0 Å². The summed E-state index contributed by atoms with van der Waals surface area (Å²) in [6.45, 7) is 10.5. The van der Waals surface area contributed by atoms with Crippen molar-refractivity contribution < 1.29 is 4.74 Å². The third-order valence-electron chi connectivity index (χ3n) is 4.26. The minimum Gasteiger partial charge on any atom is -0.378 e. The van der Waals surface area contributed by atoms with E-state index in [1.54, 1.807) is 0 Å². The van der Waals surface area contributed by atoms with Gasteiger partial charge < -0.3 is 14.5 Å². The number of nitrogens with zero attached hydrogens (tertiary/aromatic N) is 4. The summed E-state index contributed by atoms with van der Waals surface area (Å²) in [6.07, 6.45) is 0. The fourth-order valence-electron chi connectivity index (χ4n) is 2.95. The normalized spacial score (nSPS) is 14.9. The summed E-state index contributed by atoms with van der Waals surface area (Å²) in [5.74, 6) is 2.80. The Hall–Kier alpha value is -2.14. The molecule has 5 heteroatoms. The number of morpholine rings is 1. The second kappa shape index (κ2) is 7.62. The van der Waals surface area contributed by atoms with Crippen LogP contribution in [0.5, 0.6) is 0 Å². The Balaban J connectivity index is 1.88. The molecule has 1 fully saturated rings. The molecule has 2 aromatic rings. The average molecular weight is 326 g/mol. The molecule has 1 aromatic carbocycles. The maximum Gasteiger partial charge on any atom is 0.134 e. The largest absolute Gasteiger partial charge is 0.378 e. The van der Waals surface area contributed by atoms with Crippen LogP contribution in [0.25, 0.3) is 0 Å². The molecule has 5 nitrogen and oxygen atoms in total. The number of aromatic nitrogens is 2. The molecule has 1 aliphatic heterocycles. The molecular weight excluding hydrogens is 300 g/mol. The SMILES string of the molecule is Cc1nc(N2CCOCC2)cc(N(Cc2ccccc2)C(C)C)n1. The van der Waals surface area contributed by atoms with Crippen LogP contribution in [0.1, 0.15) is 25.2 Å². The van der Waals surface area contributed by atoms with Crippen LogP contribution in [0, 0.1) is 6.92 Å². The molecule has 24 heavy (non-hydrogen) atoms.